The minimum Gasteiger partial charge on any atom is -0.398 e. The Morgan fingerprint density at radius 1 is 1.17 bits per heavy atom. The third kappa shape index (κ3) is 6.94. The van der Waals surface area contributed by atoms with Crippen LogP contribution < -0.4 is 5.73 Å². The van der Waals surface area contributed by atoms with Crippen molar-refractivity contribution in [3.63, 3.8) is 0 Å². The summed E-state index contributed by atoms with van der Waals surface area (Å²) in [5.41, 5.74) is 9.16. The van der Waals surface area contributed by atoms with Crippen LogP contribution in [0.15, 0.2) is 48.0 Å². The van der Waals surface area contributed by atoms with Crippen LogP contribution in [0.2, 0.25) is 0 Å². The van der Waals surface area contributed by atoms with Crippen molar-refractivity contribution in [2.24, 2.45) is 0 Å². The summed E-state index contributed by atoms with van der Waals surface area (Å²) < 4.78 is 13.2. The van der Waals surface area contributed by atoms with Gasteiger partial charge in [-0.25, -0.2) is 4.39 Å². The fourth-order valence-corrected chi connectivity index (χ4v) is 3.69. The first-order valence-electron chi connectivity index (χ1n) is 10.0. The van der Waals surface area contributed by atoms with E-state index in [1.165, 1.54) is 17.7 Å². The summed E-state index contributed by atoms with van der Waals surface area (Å²) >= 11 is 0. The lowest BCUT2D eigenvalue weighted by Gasteiger charge is -2.32. The number of β-amino-alcohol motifs (C(OH)–C–C–N with tert-alkyl or cyclic N) is 1. The third-order valence-electron chi connectivity index (χ3n) is 5.17. The number of carbonyl (C=O) groups excluding carboxylic acids is 1. The van der Waals surface area contributed by atoms with Gasteiger partial charge in [0.2, 0.25) is 0 Å². The van der Waals surface area contributed by atoms with Gasteiger partial charge < -0.3 is 10.8 Å². The number of piperidine rings is 1. The Labute approximate surface area is 184 Å². The van der Waals surface area contributed by atoms with Gasteiger partial charge >= 0.3 is 0 Å². The van der Waals surface area contributed by atoms with E-state index in [9.17, 15) is 14.3 Å². The first-order chi connectivity index (χ1) is 13.7. The second kappa shape index (κ2) is 10.2. The number of ketones is 1. The van der Waals surface area contributed by atoms with Gasteiger partial charge in [-0.2, -0.15) is 0 Å². The van der Waals surface area contributed by atoms with Crippen molar-refractivity contribution in [1.82, 2.24) is 4.90 Å². The Balaban J connectivity index is 0.00000320. The molecule has 0 aliphatic carbocycles. The molecule has 1 saturated heterocycles. The number of hydrogen-bond acceptors (Lipinski definition) is 4. The molecule has 3 N–H and O–H groups in total. The molecule has 0 saturated carbocycles. The number of likely N-dealkylation sites (tertiary alicyclic amines) is 1. The minimum absolute atomic E-state index is 0. The molecule has 1 aliphatic rings. The molecule has 1 fully saturated rings. The van der Waals surface area contributed by atoms with E-state index < -0.39 is 11.4 Å². The lowest BCUT2D eigenvalue weighted by atomic mass is 9.97. The average molecular weight is 433 g/mol. The van der Waals surface area contributed by atoms with Gasteiger partial charge in [0.15, 0.2) is 5.78 Å². The number of anilines is 1. The van der Waals surface area contributed by atoms with Crippen molar-refractivity contribution in [1.29, 1.82) is 0 Å². The minimum atomic E-state index is -0.665. The second-order valence-corrected chi connectivity index (χ2v) is 8.46. The summed E-state index contributed by atoms with van der Waals surface area (Å²) in [7, 11) is 0. The molecule has 0 amide bonds. The molecule has 6 heteroatoms. The van der Waals surface area contributed by atoms with E-state index >= 15 is 0 Å². The molecule has 1 aliphatic heterocycles. The van der Waals surface area contributed by atoms with Crippen LogP contribution in [-0.4, -0.2) is 41.0 Å². The van der Waals surface area contributed by atoms with Gasteiger partial charge in [-0.3, -0.25) is 9.69 Å². The molecular weight excluding hydrogens is 403 g/mol. The van der Waals surface area contributed by atoms with E-state index in [1.54, 1.807) is 6.07 Å². The van der Waals surface area contributed by atoms with Crippen LogP contribution in [-0.2, 0) is 6.42 Å². The first-order valence-corrected chi connectivity index (χ1v) is 10.0. The highest BCUT2D eigenvalue weighted by molar-refractivity contribution is 5.98. The number of hydrogen-bond donors (Lipinski definition) is 2. The summed E-state index contributed by atoms with van der Waals surface area (Å²) in [5, 5.41) is 9.95. The highest BCUT2D eigenvalue weighted by Gasteiger charge is 2.21. The molecule has 2 aromatic carbocycles. The molecule has 2 aromatic rings. The smallest absolute Gasteiger partial charge is 0.167 e. The third-order valence-corrected chi connectivity index (χ3v) is 5.17. The van der Waals surface area contributed by atoms with Crippen molar-refractivity contribution in [2.45, 2.75) is 38.7 Å². The molecule has 162 valence electrons. The fourth-order valence-electron chi connectivity index (χ4n) is 3.69. The lowest BCUT2D eigenvalue weighted by Crippen LogP contribution is -2.41. The van der Waals surface area contributed by atoms with Gasteiger partial charge in [0.05, 0.1) is 5.60 Å². The lowest BCUT2D eigenvalue weighted by molar-refractivity contribution is 0.0338. The van der Waals surface area contributed by atoms with Crippen LogP contribution in [0.5, 0.6) is 0 Å². The molecule has 30 heavy (non-hydrogen) atoms. The predicted molar refractivity (Wildman–Crippen MR) is 122 cm³/mol. The van der Waals surface area contributed by atoms with E-state index in [0.29, 0.717) is 23.4 Å². The number of rotatable bonds is 6. The van der Waals surface area contributed by atoms with Gasteiger partial charge in [0.1, 0.15) is 5.82 Å². The number of carbonyl (C=O) groups is 1. The molecule has 0 atom stereocenters. The highest BCUT2D eigenvalue weighted by Crippen LogP contribution is 2.22. The van der Waals surface area contributed by atoms with E-state index in [0.717, 1.165) is 31.5 Å². The van der Waals surface area contributed by atoms with Gasteiger partial charge in [0.25, 0.3) is 0 Å². The van der Waals surface area contributed by atoms with Crippen molar-refractivity contribution in [3.8, 4) is 0 Å². The number of halogens is 2. The Hall–Kier alpha value is -2.21. The molecule has 0 aromatic heterocycles. The summed E-state index contributed by atoms with van der Waals surface area (Å²) in [6.07, 6.45) is 4.32. The maximum atomic E-state index is 13.2. The van der Waals surface area contributed by atoms with Crippen molar-refractivity contribution >= 4 is 30.0 Å². The maximum Gasteiger partial charge on any atom is 0.167 e. The standard InChI is InChI=1S/C24H29FN2O2.ClH/c1-24(2,29)16-27-11-9-18(10-12-27)13-17-3-5-19(6-4-17)23(28)14-20-7-8-21(25)15-22(20)26;/h3-8,13,15,29H,9-12,14,16,26H2,1-2H3;1H. The van der Waals surface area contributed by atoms with Crippen LogP contribution in [0.25, 0.3) is 6.08 Å². The van der Waals surface area contributed by atoms with Crippen LogP contribution in [0.3, 0.4) is 0 Å². The Bertz CT molecular complexity index is 894. The highest BCUT2D eigenvalue weighted by atomic mass is 35.5. The SMILES string of the molecule is CC(C)(O)CN1CCC(=Cc2ccc(C(=O)Cc3ccc(F)cc3N)cc2)CC1.Cl. The molecular formula is C24H30ClFN2O2. The maximum absolute atomic E-state index is 13.2. The van der Waals surface area contributed by atoms with E-state index in [-0.39, 0.29) is 24.6 Å². The van der Waals surface area contributed by atoms with E-state index in [2.05, 4.69) is 11.0 Å². The normalized spacial score (nSPS) is 14.9. The number of nitrogens with zero attached hydrogens (tertiary/aromatic N) is 1. The van der Waals surface area contributed by atoms with Crippen LogP contribution >= 0.6 is 12.4 Å². The zero-order chi connectivity index (χ0) is 21.0. The topological polar surface area (TPSA) is 66.6 Å². The zero-order valence-electron chi connectivity index (χ0n) is 17.5. The summed E-state index contributed by atoms with van der Waals surface area (Å²) in [5.74, 6) is -0.440. The molecule has 4 nitrogen and oxygen atoms in total. The Morgan fingerprint density at radius 2 is 1.80 bits per heavy atom. The molecule has 3 rings (SSSR count). The molecule has 1 heterocycles. The quantitative estimate of drug-likeness (QED) is 0.520. The number of aliphatic hydroxyl groups is 1. The zero-order valence-corrected chi connectivity index (χ0v) is 18.3. The van der Waals surface area contributed by atoms with Crippen molar-refractivity contribution < 1.29 is 14.3 Å². The average Bonchev–Trinajstić information content (AvgIpc) is 2.65. The molecule has 0 unspecified atom stereocenters. The largest absolute Gasteiger partial charge is 0.398 e. The van der Waals surface area contributed by atoms with Gasteiger partial charge in [-0.05, 0) is 49.9 Å². The predicted octanol–water partition coefficient (Wildman–Crippen LogP) is 4.51. The van der Waals surface area contributed by atoms with Crippen LogP contribution in [0.4, 0.5) is 10.1 Å². The summed E-state index contributed by atoms with van der Waals surface area (Å²) in [6, 6.07) is 11.7. The van der Waals surface area contributed by atoms with Crippen molar-refractivity contribution in [3.05, 3.63) is 70.5 Å². The molecule has 0 radical (unpaired) electrons. The Kier molecular flexibility index (Phi) is 8.18. The number of nitrogen functional groups attached to an aromatic ring is 1. The Morgan fingerprint density at radius 3 is 2.37 bits per heavy atom. The number of benzene rings is 2. The summed E-state index contributed by atoms with van der Waals surface area (Å²) in [6.45, 7) is 6.27. The van der Waals surface area contributed by atoms with E-state index in [1.807, 2.05) is 38.1 Å². The van der Waals surface area contributed by atoms with Gasteiger partial charge in [-0.15, -0.1) is 12.4 Å². The van der Waals surface area contributed by atoms with Crippen LogP contribution in [0, 0.1) is 5.82 Å². The number of Topliss-reactive ketones (excluding diaryl/α,β-unsaturated/α-hetero) is 1. The van der Waals surface area contributed by atoms with Crippen molar-refractivity contribution in [2.75, 3.05) is 25.4 Å². The molecule has 0 spiro atoms. The van der Waals surface area contributed by atoms with E-state index in [4.69, 9.17) is 5.73 Å². The van der Waals surface area contributed by atoms with Gasteiger partial charge in [-0.1, -0.05) is 42.0 Å². The monoisotopic (exact) mass is 432 g/mol. The number of nitrogens with two attached hydrogens (primary N) is 1. The summed E-state index contributed by atoms with van der Waals surface area (Å²) in [4.78, 5) is 14.8. The van der Waals surface area contributed by atoms with Crippen LogP contribution in [0.1, 0.15) is 48.2 Å². The van der Waals surface area contributed by atoms with Gasteiger partial charge in [0, 0.05) is 37.3 Å². The second-order valence-electron chi connectivity index (χ2n) is 8.46. The first kappa shape index (κ1) is 24.1. The molecule has 0 bridgehead atoms. The fraction of sp³-hybridized carbons (Fsp3) is 0.375.